The van der Waals surface area contributed by atoms with Gasteiger partial charge < -0.3 is 29.0 Å². The van der Waals surface area contributed by atoms with E-state index in [1.54, 1.807) is 31.6 Å². The second-order valence-corrected chi connectivity index (χ2v) is 17.4. The molecule has 1 saturated carbocycles. The highest BCUT2D eigenvalue weighted by atomic mass is 35.5. The summed E-state index contributed by atoms with van der Waals surface area (Å²) >= 11 is 8.33. The van der Waals surface area contributed by atoms with Crippen molar-refractivity contribution in [3.05, 3.63) is 113 Å². The van der Waals surface area contributed by atoms with Crippen molar-refractivity contribution in [3.63, 3.8) is 0 Å². The molecule has 2 aliphatic rings. The summed E-state index contributed by atoms with van der Waals surface area (Å²) in [6.45, 7) is 8.30. The van der Waals surface area contributed by atoms with Crippen molar-refractivity contribution in [2.75, 3.05) is 53.5 Å². The zero-order valence-corrected chi connectivity index (χ0v) is 37.5. The number of likely N-dealkylation sites (N-methyl/N-ethyl adjacent to an activating group) is 1. The van der Waals surface area contributed by atoms with Crippen molar-refractivity contribution in [1.29, 1.82) is 0 Å². The molecule has 9 rings (SSSR count). The third-order valence-electron chi connectivity index (χ3n) is 11.8. The summed E-state index contributed by atoms with van der Waals surface area (Å²) < 4.78 is 32.0. The monoisotopic (exact) mass is 900 g/mol. The van der Waals surface area contributed by atoms with Crippen molar-refractivity contribution in [1.82, 2.24) is 38.9 Å². The number of carbonyl (C=O) groups is 1. The van der Waals surface area contributed by atoms with Crippen LogP contribution in [0.2, 0.25) is 5.02 Å². The Hall–Kier alpha value is -6.13. The number of halogens is 1. The van der Waals surface area contributed by atoms with Crippen LogP contribution in [0.4, 0.5) is 0 Å². The molecule has 1 aliphatic carbocycles. The molecule has 64 heavy (non-hydrogen) atoms. The topological polar surface area (TPSA) is 150 Å². The fraction of sp³-hybridized carbons (Fsp3) is 0.333. The van der Waals surface area contributed by atoms with Gasteiger partial charge in [0.2, 0.25) is 12.0 Å². The number of para-hydroxylation sites is 2. The standard InChI is InChI=1S/C48H49ClN8O6S/c1-30-35(14-15-39(44(30)49)61-23-22-56-20-18-55(2)19-21-56)42-43-41(26-51-45(42)33-25-52-57(28-33)27-31-12-13-31)64-54-47(43)63-40(48(58)59)24-32-8-4-6-10-37(32)62-29-34-16-17-50-46(53-34)36-9-5-7-11-38(36)60-3/h4-11,14-17,25-26,28,31,40H,12-13,18-24,27,29H2,1-3H3,(H,58,59)/t40-/m1/s1. The van der Waals surface area contributed by atoms with Crippen LogP contribution in [0.5, 0.6) is 23.1 Å². The van der Waals surface area contributed by atoms with Crippen LogP contribution in [-0.4, -0.2) is 110 Å². The molecule has 0 unspecified atom stereocenters. The normalized spacial score (nSPS) is 15.0. The lowest BCUT2D eigenvalue weighted by Gasteiger charge is -2.32. The van der Waals surface area contributed by atoms with Gasteiger partial charge in [0.15, 0.2) is 5.82 Å². The van der Waals surface area contributed by atoms with Gasteiger partial charge in [0.25, 0.3) is 0 Å². The summed E-state index contributed by atoms with van der Waals surface area (Å²) in [6.07, 6.45) is 8.34. The maximum Gasteiger partial charge on any atom is 0.345 e. The number of carboxylic acid groups (broad SMARTS) is 1. The minimum Gasteiger partial charge on any atom is -0.496 e. The van der Waals surface area contributed by atoms with E-state index in [0.29, 0.717) is 63.0 Å². The van der Waals surface area contributed by atoms with Gasteiger partial charge in [0, 0.05) is 75.4 Å². The minimum absolute atomic E-state index is 0.00695. The molecule has 3 aromatic carbocycles. The van der Waals surface area contributed by atoms with E-state index in [1.165, 1.54) is 24.4 Å². The average Bonchev–Trinajstić information content (AvgIpc) is 3.85. The quantitative estimate of drug-likeness (QED) is 0.0880. The van der Waals surface area contributed by atoms with Gasteiger partial charge in [-0.05, 0) is 91.3 Å². The number of methoxy groups -OCH3 is 1. The molecule has 330 valence electrons. The molecule has 0 spiro atoms. The highest BCUT2D eigenvalue weighted by molar-refractivity contribution is 7.13. The van der Waals surface area contributed by atoms with E-state index in [1.807, 2.05) is 78.6 Å². The third-order valence-corrected chi connectivity index (χ3v) is 13.0. The van der Waals surface area contributed by atoms with Gasteiger partial charge in [-0.25, -0.2) is 14.8 Å². The largest absolute Gasteiger partial charge is 0.496 e. The summed E-state index contributed by atoms with van der Waals surface area (Å²) in [5.41, 5.74) is 5.83. The molecule has 5 heterocycles. The smallest absolute Gasteiger partial charge is 0.345 e. The first-order valence-corrected chi connectivity index (χ1v) is 22.6. The number of ether oxygens (including phenoxy) is 4. The lowest BCUT2D eigenvalue weighted by molar-refractivity contribution is -0.145. The van der Waals surface area contributed by atoms with Gasteiger partial charge >= 0.3 is 5.97 Å². The lowest BCUT2D eigenvalue weighted by atomic mass is 9.94. The van der Waals surface area contributed by atoms with Crippen molar-refractivity contribution in [2.24, 2.45) is 5.92 Å². The first-order chi connectivity index (χ1) is 31.2. The van der Waals surface area contributed by atoms with E-state index < -0.39 is 12.1 Å². The molecular weight excluding hydrogens is 852 g/mol. The second kappa shape index (κ2) is 19.3. The van der Waals surface area contributed by atoms with Gasteiger partial charge in [-0.3, -0.25) is 14.6 Å². The Kier molecular flexibility index (Phi) is 13.0. The molecule has 2 fully saturated rings. The molecule has 4 aromatic heterocycles. The van der Waals surface area contributed by atoms with E-state index in [2.05, 4.69) is 21.8 Å². The van der Waals surface area contributed by atoms with Crippen LogP contribution in [-0.2, 0) is 24.4 Å². The van der Waals surface area contributed by atoms with Gasteiger partial charge in [-0.2, -0.15) is 9.47 Å². The summed E-state index contributed by atoms with van der Waals surface area (Å²) in [4.78, 5) is 32.0. The van der Waals surface area contributed by atoms with Gasteiger partial charge in [-0.15, -0.1) is 0 Å². The summed E-state index contributed by atoms with van der Waals surface area (Å²) in [7, 11) is 3.75. The Morgan fingerprint density at radius 3 is 2.53 bits per heavy atom. The number of hydrogen-bond acceptors (Lipinski definition) is 13. The number of pyridine rings is 1. The maximum atomic E-state index is 13.1. The average molecular weight is 901 g/mol. The van der Waals surface area contributed by atoms with Crippen molar-refractivity contribution in [3.8, 4) is 56.9 Å². The van der Waals surface area contributed by atoms with E-state index in [4.69, 9.17) is 50.0 Å². The third kappa shape index (κ3) is 9.67. The molecule has 0 bridgehead atoms. The first kappa shape index (κ1) is 43.1. The Morgan fingerprint density at radius 2 is 1.73 bits per heavy atom. The van der Waals surface area contributed by atoms with Gasteiger partial charge in [0.1, 0.15) is 30.5 Å². The number of hydrogen-bond donors (Lipinski definition) is 1. The molecule has 1 aliphatic heterocycles. The Balaban J connectivity index is 1.01. The molecule has 1 N–H and O–H groups in total. The van der Waals surface area contributed by atoms with E-state index in [0.717, 1.165) is 71.8 Å². The summed E-state index contributed by atoms with van der Waals surface area (Å²) in [5, 5.41) is 16.5. The predicted octanol–water partition coefficient (Wildman–Crippen LogP) is 8.34. The second-order valence-electron chi connectivity index (χ2n) is 16.3. The number of rotatable bonds is 18. The fourth-order valence-electron chi connectivity index (χ4n) is 7.94. The number of fused-ring (bicyclic) bond motifs is 1. The predicted molar refractivity (Wildman–Crippen MR) is 247 cm³/mol. The Bertz CT molecular complexity index is 2770. The molecule has 0 amide bonds. The molecule has 7 aromatic rings. The Morgan fingerprint density at radius 1 is 0.938 bits per heavy atom. The number of benzene rings is 3. The summed E-state index contributed by atoms with van der Waals surface area (Å²) in [6, 6.07) is 20.5. The molecule has 1 atom stereocenters. The number of aromatic nitrogens is 6. The molecule has 14 nitrogen and oxygen atoms in total. The van der Waals surface area contributed by atoms with Crippen LogP contribution in [0.15, 0.2) is 91.5 Å². The zero-order chi connectivity index (χ0) is 44.2. The van der Waals surface area contributed by atoms with Crippen LogP contribution in [0.3, 0.4) is 0 Å². The zero-order valence-electron chi connectivity index (χ0n) is 35.9. The summed E-state index contributed by atoms with van der Waals surface area (Å²) in [5.74, 6) is 1.92. The van der Waals surface area contributed by atoms with Crippen LogP contribution >= 0.6 is 23.1 Å². The van der Waals surface area contributed by atoms with E-state index >= 15 is 0 Å². The molecule has 16 heteroatoms. The number of carboxylic acids is 1. The fourth-order valence-corrected chi connectivity index (χ4v) is 8.85. The van der Waals surface area contributed by atoms with Crippen molar-refractivity contribution < 1.29 is 28.8 Å². The maximum absolute atomic E-state index is 13.1. The van der Waals surface area contributed by atoms with E-state index in [9.17, 15) is 9.90 Å². The number of piperazine rings is 1. The molecule has 0 radical (unpaired) electrons. The Labute approximate surface area is 380 Å². The van der Waals surface area contributed by atoms with Crippen LogP contribution in [0.1, 0.15) is 29.7 Å². The number of nitrogens with zero attached hydrogens (tertiary/aromatic N) is 8. The molecular formula is C48H49ClN8O6S. The van der Waals surface area contributed by atoms with Crippen molar-refractivity contribution in [2.45, 2.75) is 45.4 Å². The first-order valence-electron chi connectivity index (χ1n) is 21.4. The number of aliphatic carboxylic acids is 1. The highest BCUT2D eigenvalue weighted by Gasteiger charge is 2.29. The van der Waals surface area contributed by atoms with Gasteiger partial charge in [0.05, 0.1) is 45.4 Å². The molecule has 1 saturated heterocycles. The van der Waals surface area contributed by atoms with Crippen LogP contribution < -0.4 is 18.9 Å². The van der Waals surface area contributed by atoms with Crippen molar-refractivity contribution >= 4 is 39.2 Å². The van der Waals surface area contributed by atoms with Gasteiger partial charge in [-0.1, -0.05) is 48.0 Å². The van der Waals surface area contributed by atoms with Crippen LogP contribution in [0.25, 0.3) is 43.9 Å². The SMILES string of the molecule is COc1ccccc1-c1nccc(COc2ccccc2C[C@@H](Oc2nsc3cnc(-c4cnn(CC5CC5)c4)c(-c4ccc(OCCN5CCN(C)CC5)c(Cl)c4C)c23)C(=O)O)n1. The van der Waals surface area contributed by atoms with E-state index in [-0.39, 0.29) is 18.9 Å². The minimum atomic E-state index is -1.32. The van der Waals surface area contributed by atoms with Crippen LogP contribution in [0, 0.1) is 12.8 Å². The highest BCUT2D eigenvalue weighted by Crippen LogP contribution is 2.46. The lowest BCUT2D eigenvalue weighted by Crippen LogP contribution is -2.45.